The van der Waals surface area contributed by atoms with Gasteiger partial charge in [-0.15, -0.1) is 0 Å². The molecule has 0 aliphatic rings. The number of ether oxygens (including phenoxy) is 1. The minimum atomic E-state index is -0.0166. The molecule has 0 aromatic heterocycles. The van der Waals surface area contributed by atoms with Gasteiger partial charge in [0.1, 0.15) is 5.75 Å². The molecule has 0 bridgehead atoms. The molecule has 0 heterocycles. The third-order valence-electron chi connectivity index (χ3n) is 4.69. The van der Waals surface area contributed by atoms with Gasteiger partial charge < -0.3 is 20.3 Å². The summed E-state index contributed by atoms with van der Waals surface area (Å²) in [6, 6.07) is 14.2. The molecular weight excluding hydrogens is 338 g/mol. The molecule has 0 aliphatic heterocycles. The number of hydrogen-bond donors (Lipinski definition) is 2. The first-order chi connectivity index (χ1) is 13.1. The maximum Gasteiger partial charge on any atom is 0.239 e. The molecule has 2 rings (SSSR count). The number of amides is 1. The highest BCUT2D eigenvalue weighted by Gasteiger charge is 2.07. The maximum absolute atomic E-state index is 12.1. The quantitative estimate of drug-likeness (QED) is 0.672. The molecule has 0 fully saturated rings. The Balaban J connectivity index is 1.81. The van der Waals surface area contributed by atoms with Crippen LogP contribution in [0.3, 0.4) is 0 Å². The fourth-order valence-electron chi connectivity index (χ4n) is 3.12. The molecule has 1 amide bonds. The van der Waals surface area contributed by atoms with E-state index in [4.69, 9.17) is 4.74 Å². The van der Waals surface area contributed by atoms with E-state index < -0.39 is 0 Å². The summed E-state index contributed by atoms with van der Waals surface area (Å²) in [5, 5.41) is 6.19. The smallest absolute Gasteiger partial charge is 0.239 e. The van der Waals surface area contributed by atoms with E-state index in [-0.39, 0.29) is 12.5 Å². The third-order valence-corrected chi connectivity index (χ3v) is 4.69. The summed E-state index contributed by atoms with van der Waals surface area (Å²) in [5.41, 5.74) is 4.44. The van der Waals surface area contributed by atoms with Crippen molar-refractivity contribution in [3.8, 4) is 5.75 Å². The summed E-state index contributed by atoms with van der Waals surface area (Å²) in [6.07, 6.45) is 0.743. The second kappa shape index (κ2) is 10.5. The number of nitrogens with one attached hydrogen (secondary N) is 2. The lowest BCUT2D eigenvalue weighted by Gasteiger charge is -2.22. The van der Waals surface area contributed by atoms with E-state index in [1.807, 2.05) is 30.3 Å². The average Bonchev–Trinajstić information content (AvgIpc) is 2.68. The van der Waals surface area contributed by atoms with E-state index in [9.17, 15) is 4.79 Å². The number of benzene rings is 2. The maximum atomic E-state index is 12.1. The highest BCUT2D eigenvalue weighted by Crippen LogP contribution is 2.22. The van der Waals surface area contributed by atoms with Crippen molar-refractivity contribution in [3.05, 3.63) is 53.6 Å². The summed E-state index contributed by atoms with van der Waals surface area (Å²) < 4.78 is 5.34. The molecule has 146 valence electrons. The molecule has 5 heteroatoms. The van der Waals surface area contributed by atoms with E-state index in [0.29, 0.717) is 6.54 Å². The number of hydrogen-bond acceptors (Lipinski definition) is 4. The van der Waals surface area contributed by atoms with Crippen molar-refractivity contribution in [1.29, 1.82) is 0 Å². The summed E-state index contributed by atoms with van der Waals surface area (Å²) >= 11 is 0. The van der Waals surface area contributed by atoms with Gasteiger partial charge in [-0.25, -0.2) is 0 Å². The molecule has 2 aromatic carbocycles. The van der Waals surface area contributed by atoms with Crippen molar-refractivity contribution in [2.75, 3.05) is 43.5 Å². The summed E-state index contributed by atoms with van der Waals surface area (Å²) in [6.45, 7) is 9.18. The summed E-state index contributed by atoms with van der Waals surface area (Å²) in [5.74, 6) is 0.839. The number of carbonyl (C=O) groups is 1. The van der Waals surface area contributed by atoms with Crippen LogP contribution in [-0.2, 0) is 11.2 Å². The van der Waals surface area contributed by atoms with Gasteiger partial charge in [0.2, 0.25) is 5.91 Å². The number of nitrogens with zero attached hydrogens (tertiary/aromatic N) is 1. The number of anilines is 2. The van der Waals surface area contributed by atoms with Crippen LogP contribution in [0.4, 0.5) is 11.4 Å². The molecular formula is C22H31N3O2. The van der Waals surface area contributed by atoms with Crippen LogP contribution in [0.5, 0.6) is 5.75 Å². The minimum absolute atomic E-state index is 0.0166. The average molecular weight is 370 g/mol. The van der Waals surface area contributed by atoms with Crippen molar-refractivity contribution >= 4 is 17.3 Å². The zero-order valence-corrected chi connectivity index (χ0v) is 16.8. The Labute approximate surface area is 162 Å². The van der Waals surface area contributed by atoms with Crippen molar-refractivity contribution in [2.45, 2.75) is 27.2 Å². The Hall–Kier alpha value is -2.69. The molecule has 0 radical (unpaired) electrons. The van der Waals surface area contributed by atoms with Crippen LogP contribution in [-0.4, -0.2) is 39.2 Å². The Bertz CT molecular complexity index is 742. The highest BCUT2D eigenvalue weighted by atomic mass is 16.5. The van der Waals surface area contributed by atoms with E-state index >= 15 is 0 Å². The van der Waals surface area contributed by atoms with Crippen molar-refractivity contribution in [2.24, 2.45) is 0 Å². The molecule has 2 aromatic rings. The second-order valence-electron chi connectivity index (χ2n) is 6.44. The first-order valence-electron chi connectivity index (χ1n) is 9.57. The lowest BCUT2D eigenvalue weighted by Crippen LogP contribution is -2.31. The van der Waals surface area contributed by atoms with Gasteiger partial charge in [0.05, 0.1) is 13.7 Å². The second-order valence-corrected chi connectivity index (χ2v) is 6.44. The fourth-order valence-corrected chi connectivity index (χ4v) is 3.12. The molecule has 0 atom stereocenters. The van der Waals surface area contributed by atoms with Gasteiger partial charge in [0.15, 0.2) is 0 Å². The van der Waals surface area contributed by atoms with E-state index in [1.54, 1.807) is 7.11 Å². The topological polar surface area (TPSA) is 53.6 Å². The van der Waals surface area contributed by atoms with Crippen LogP contribution in [0.15, 0.2) is 42.5 Å². The first-order valence-corrected chi connectivity index (χ1v) is 9.57. The van der Waals surface area contributed by atoms with Gasteiger partial charge in [0.25, 0.3) is 0 Å². The van der Waals surface area contributed by atoms with Gasteiger partial charge in [0, 0.05) is 31.0 Å². The zero-order chi connectivity index (χ0) is 19.6. The van der Waals surface area contributed by atoms with Gasteiger partial charge in [-0.05, 0) is 62.6 Å². The predicted octanol–water partition coefficient (Wildman–Crippen LogP) is 3.62. The molecule has 0 saturated heterocycles. The Morgan fingerprint density at radius 3 is 2.52 bits per heavy atom. The molecule has 0 saturated carbocycles. The van der Waals surface area contributed by atoms with Gasteiger partial charge >= 0.3 is 0 Å². The minimum Gasteiger partial charge on any atom is -0.496 e. The van der Waals surface area contributed by atoms with E-state index in [0.717, 1.165) is 42.1 Å². The largest absolute Gasteiger partial charge is 0.496 e. The van der Waals surface area contributed by atoms with Crippen molar-refractivity contribution < 1.29 is 9.53 Å². The van der Waals surface area contributed by atoms with E-state index in [2.05, 4.69) is 48.4 Å². The van der Waals surface area contributed by atoms with Crippen LogP contribution < -0.4 is 20.3 Å². The zero-order valence-electron chi connectivity index (χ0n) is 16.8. The van der Waals surface area contributed by atoms with Gasteiger partial charge in [-0.3, -0.25) is 4.79 Å². The third kappa shape index (κ3) is 5.91. The van der Waals surface area contributed by atoms with Crippen LogP contribution in [0, 0.1) is 6.92 Å². The molecule has 0 aliphatic carbocycles. The van der Waals surface area contributed by atoms with E-state index in [1.165, 1.54) is 5.69 Å². The summed E-state index contributed by atoms with van der Waals surface area (Å²) in [7, 11) is 1.66. The van der Waals surface area contributed by atoms with Gasteiger partial charge in [-0.1, -0.05) is 18.2 Å². The predicted molar refractivity (Wildman–Crippen MR) is 113 cm³/mol. The Morgan fingerprint density at radius 1 is 1.11 bits per heavy atom. The number of methoxy groups -OCH3 is 1. The normalized spacial score (nSPS) is 10.4. The number of carbonyl (C=O) groups excluding carboxylic acids is 1. The highest BCUT2D eigenvalue weighted by molar-refractivity contribution is 5.81. The standard InChI is InChI=1S/C22H31N3O2/c1-5-25(6-2)19-11-12-20(17(3)15-19)24-16-22(26)23-14-13-18-9-7-8-10-21(18)27-4/h7-12,15,24H,5-6,13-14,16H2,1-4H3,(H,23,26). The summed E-state index contributed by atoms with van der Waals surface area (Å²) in [4.78, 5) is 14.4. The van der Waals surface area contributed by atoms with Crippen molar-refractivity contribution in [1.82, 2.24) is 5.32 Å². The molecule has 27 heavy (non-hydrogen) atoms. The molecule has 0 spiro atoms. The van der Waals surface area contributed by atoms with Crippen molar-refractivity contribution in [3.63, 3.8) is 0 Å². The van der Waals surface area contributed by atoms with Crippen LogP contribution in [0.1, 0.15) is 25.0 Å². The SMILES string of the molecule is CCN(CC)c1ccc(NCC(=O)NCCc2ccccc2OC)c(C)c1. The Morgan fingerprint density at radius 2 is 1.85 bits per heavy atom. The molecule has 0 unspecified atom stereocenters. The fraction of sp³-hybridized carbons (Fsp3) is 0.409. The Kier molecular flexibility index (Phi) is 7.99. The lowest BCUT2D eigenvalue weighted by atomic mass is 10.1. The number of para-hydroxylation sites is 1. The number of aryl methyl sites for hydroxylation is 1. The van der Waals surface area contributed by atoms with Crippen LogP contribution >= 0.6 is 0 Å². The first kappa shape index (κ1) is 20.6. The molecule has 2 N–H and O–H groups in total. The van der Waals surface area contributed by atoms with Crippen LogP contribution in [0.2, 0.25) is 0 Å². The molecule has 5 nitrogen and oxygen atoms in total. The number of rotatable bonds is 10. The van der Waals surface area contributed by atoms with Gasteiger partial charge in [-0.2, -0.15) is 0 Å². The lowest BCUT2D eigenvalue weighted by molar-refractivity contribution is -0.119. The van der Waals surface area contributed by atoms with Crippen LogP contribution in [0.25, 0.3) is 0 Å². The monoisotopic (exact) mass is 369 g/mol.